The Morgan fingerprint density at radius 3 is 2.69 bits per heavy atom. The van der Waals surface area contributed by atoms with Gasteiger partial charge in [-0.05, 0) is 47.9 Å². The molecule has 0 aliphatic carbocycles. The van der Waals surface area contributed by atoms with Crippen molar-refractivity contribution in [2.24, 2.45) is 0 Å². The SMILES string of the molecule is CN(C)c1cc(CNc2ccc(C(=O)N3CCc4ccccc43)cn2)c2ccccc2n1. The first kappa shape index (κ1) is 20.0. The van der Waals surface area contributed by atoms with Gasteiger partial charge < -0.3 is 15.1 Å². The van der Waals surface area contributed by atoms with E-state index in [4.69, 9.17) is 4.98 Å². The Hall–Kier alpha value is -3.93. The number of hydrogen-bond acceptors (Lipinski definition) is 5. The van der Waals surface area contributed by atoms with Crippen molar-refractivity contribution < 1.29 is 4.79 Å². The van der Waals surface area contributed by atoms with Crippen molar-refractivity contribution in [1.82, 2.24) is 9.97 Å². The zero-order valence-electron chi connectivity index (χ0n) is 18.2. The van der Waals surface area contributed by atoms with E-state index in [-0.39, 0.29) is 5.91 Å². The van der Waals surface area contributed by atoms with Crippen LogP contribution in [0.4, 0.5) is 17.3 Å². The third kappa shape index (κ3) is 3.75. The highest BCUT2D eigenvalue weighted by molar-refractivity contribution is 6.07. The van der Waals surface area contributed by atoms with Crippen molar-refractivity contribution in [3.05, 3.63) is 89.6 Å². The first-order valence-corrected chi connectivity index (χ1v) is 10.8. The molecule has 4 aromatic rings. The predicted molar refractivity (Wildman–Crippen MR) is 129 cm³/mol. The number of pyridine rings is 2. The molecule has 0 atom stereocenters. The zero-order valence-corrected chi connectivity index (χ0v) is 18.2. The number of nitrogens with zero attached hydrogens (tertiary/aromatic N) is 4. The van der Waals surface area contributed by atoms with E-state index in [1.54, 1.807) is 6.20 Å². The minimum atomic E-state index is -0.00949. The van der Waals surface area contributed by atoms with Crippen LogP contribution in [0.5, 0.6) is 0 Å². The Bertz CT molecular complexity index is 1280. The summed E-state index contributed by atoms with van der Waals surface area (Å²) in [6.45, 7) is 1.32. The van der Waals surface area contributed by atoms with Crippen molar-refractivity contribution >= 4 is 34.1 Å². The number of carbonyl (C=O) groups excluding carboxylic acids is 1. The number of para-hydroxylation sites is 2. The first-order chi connectivity index (χ1) is 15.6. The molecule has 0 radical (unpaired) electrons. The van der Waals surface area contributed by atoms with E-state index < -0.39 is 0 Å². The lowest BCUT2D eigenvalue weighted by molar-refractivity contribution is 0.0989. The number of benzene rings is 2. The molecule has 5 rings (SSSR count). The van der Waals surface area contributed by atoms with Crippen molar-refractivity contribution in [3.63, 3.8) is 0 Å². The Labute approximate surface area is 187 Å². The molecule has 32 heavy (non-hydrogen) atoms. The lowest BCUT2D eigenvalue weighted by Gasteiger charge is -2.17. The normalized spacial score (nSPS) is 12.6. The van der Waals surface area contributed by atoms with Crippen LogP contribution < -0.4 is 15.1 Å². The number of nitrogens with one attached hydrogen (secondary N) is 1. The van der Waals surface area contributed by atoms with Gasteiger partial charge in [-0.2, -0.15) is 0 Å². The van der Waals surface area contributed by atoms with Crippen LogP contribution in [-0.4, -0.2) is 36.5 Å². The van der Waals surface area contributed by atoms with Gasteiger partial charge in [0.25, 0.3) is 5.91 Å². The van der Waals surface area contributed by atoms with Crippen LogP contribution >= 0.6 is 0 Å². The summed E-state index contributed by atoms with van der Waals surface area (Å²) in [5.74, 6) is 1.64. The Kier molecular flexibility index (Phi) is 5.19. The number of amides is 1. The van der Waals surface area contributed by atoms with Gasteiger partial charge in [-0.3, -0.25) is 4.79 Å². The van der Waals surface area contributed by atoms with Crippen molar-refractivity contribution in [3.8, 4) is 0 Å². The van der Waals surface area contributed by atoms with Crippen LogP contribution in [0.15, 0.2) is 72.9 Å². The second-order valence-electron chi connectivity index (χ2n) is 8.17. The molecule has 0 saturated heterocycles. The third-order valence-electron chi connectivity index (χ3n) is 5.85. The summed E-state index contributed by atoms with van der Waals surface area (Å²) in [5.41, 5.74) is 4.93. The van der Waals surface area contributed by atoms with Gasteiger partial charge in [0.05, 0.1) is 11.1 Å². The van der Waals surface area contributed by atoms with Gasteiger partial charge in [-0.1, -0.05) is 36.4 Å². The quantitative estimate of drug-likeness (QED) is 0.512. The number of aromatic nitrogens is 2. The summed E-state index contributed by atoms with van der Waals surface area (Å²) in [7, 11) is 3.98. The van der Waals surface area contributed by atoms with E-state index in [2.05, 4.69) is 28.5 Å². The summed E-state index contributed by atoms with van der Waals surface area (Å²) in [6.07, 6.45) is 2.55. The highest BCUT2D eigenvalue weighted by atomic mass is 16.2. The van der Waals surface area contributed by atoms with Gasteiger partial charge in [0, 0.05) is 44.5 Å². The second-order valence-corrected chi connectivity index (χ2v) is 8.17. The molecule has 1 amide bonds. The standard InChI is InChI=1S/C26H25N5O/c1-30(2)25-15-20(21-8-4-5-9-22(21)29-25)17-28-24-12-11-19(16-27-24)26(32)31-14-13-18-7-3-6-10-23(18)31/h3-12,15-16H,13-14,17H2,1-2H3,(H,27,28). The lowest BCUT2D eigenvalue weighted by atomic mass is 10.1. The van der Waals surface area contributed by atoms with E-state index in [1.807, 2.05) is 72.4 Å². The second kappa shape index (κ2) is 8.30. The number of hydrogen-bond donors (Lipinski definition) is 1. The van der Waals surface area contributed by atoms with Crippen LogP contribution in [-0.2, 0) is 13.0 Å². The van der Waals surface area contributed by atoms with E-state index in [0.29, 0.717) is 18.7 Å². The van der Waals surface area contributed by atoms with Crippen LogP contribution in [0.3, 0.4) is 0 Å². The monoisotopic (exact) mass is 423 g/mol. The van der Waals surface area contributed by atoms with E-state index >= 15 is 0 Å². The van der Waals surface area contributed by atoms with Gasteiger partial charge in [0.2, 0.25) is 0 Å². The van der Waals surface area contributed by atoms with Crippen molar-refractivity contribution in [1.29, 1.82) is 0 Å². The molecule has 0 unspecified atom stereocenters. The molecule has 2 aromatic heterocycles. The van der Waals surface area contributed by atoms with Gasteiger partial charge in [-0.15, -0.1) is 0 Å². The molecule has 160 valence electrons. The summed E-state index contributed by atoms with van der Waals surface area (Å²) < 4.78 is 0. The molecule has 0 saturated carbocycles. The van der Waals surface area contributed by atoms with Crippen LogP contribution in [0, 0.1) is 0 Å². The molecule has 1 aliphatic heterocycles. The molecule has 1 N–H and O–H groups in total. The maximum atomic E-state index is 13.0. The van der Waals surface area contributed by atoms with Gasteiger partial charge in [-0.25, -0.2) is 9.97 Å². The summed E-state index contributed by atoms with van der Waals surface area (Å²) in [6, 6.07) is 22.0. The van der Waals surface area contributed by atoms with Gasteiger partial charge in [0.15, 0.2) is 0 Å². The average Bonchev–Trinajstić information content (AvgIpc) is 3.26. The fourth-order valence-corrected chi connectivity index (χ4v) is 4.12. The fourth-order valence-electron chi connectivity index (χ4n) is 4.12. The van der Waals surface area contributed by atoms with Crippen molar-refractivity contribution in [2.75, 3.05) is 35.8 Å². The smallest absolute Gasteiger partial charge is 0.259 e. The number of rotatable bonds is 5. The topological polar surface area (TPSA) is 61.4 Å². The highest BCUT2D eigenvalue weighted by Crippen LogP contribution is 2.29. The Morgan fingerprint density at radius 1 is 1.06 bits per heavy atom. The van der Waals surface area contributed by atoms with E-state index in [9.17, 15) is 4.79 Å². The number of anilines is 3. The van der Waals surface area contributed by atoms with Gasteiger partial charge in [0.1, 0.15) is 11.6 Å². The first-order valence-electron chi connectivity index (χ1n) is 10.8. The molecule has 0 bridgehead atoms. The molecule has 1 aliphatic rings. The van der Waals surface area contributed by atoms with Crippen LogP contribution in [0.1, 0.15) is 21.5 Å². The Balaban J connectivity index is 1.32. The maximum Gasteiger partial charge on any atom is 0.259 e. The molecule has 0 spiro atoms. The molecular weight excluding hydrogens is 398 g/mol. The Morgan fingerprint density at radius 2 is 1.88 bits per heavy atom. The number of fused-ring (bicyclic) bond motifs is 2. The molecule has 2 aromatic carbocycles. The lowest BCUT2D eigenvalue weighted by Crippen LogP contribution is -2.28. The van der Waals surface area contributed by atoms with Crippen molar-refractivity contribution in [2.45, 2.75) is 13.0 Å². The minimum Gasteiger partial charge on any atom is -0.366 e. The molecule has 3 heterocycles. The molecule has 6 heteroatoms. The van der Waals surface area contributed by atoms with Crippen LogP contribution in [0.25, 0.3) is 10.9 Å². The third-order valence-corrected chi connectivity index (χ3v) is 5.85. The fraction of sp³-hybridized carbons (Fsp3) is 0.192. The van der Waals surface area contributed by atoms with E-state index in [0.717, 1.165) is 40.2 Å². The maximum absolute atomic E-state index is 13.0. The van der Waals surface area contributed by atoms with E-state index in [1.165, 1.54) is 5.56 Å². The summed E-state index contributed by atoms with van der Waals surface area (Å²) in [5, 5.41) is 4.50. The zero-order chi connectivity index (χ0) is 22.1. The predicted octanol–water partition coefficient (Wildman–Crippen LogP) is 4.51. The average molecular weight is 424 g/mol. The molecule has 6 nitrogen and oxygen atoms in total. The molecule has 0 fully saturated rings. The number of carbonyl (C=O) groups is 1. The largest absolute Gasteiger partial charge is 0.366 e. The minimum absolute atomic E-state index is 0.00949. The molecular formula is C26H25N5O. The highest BCUT2D eigenvalue weighted by Gasteiger charge is 2.25. The summed E-state index contributed by atoms with van der Waals surface area (Å²) in [4.78, 5) is 26.1. The van der Waals surface area contributed by atoms with Gasteiger partial charge >= 0.3 is 0 Å². The van der Waals surface area contributed by atoms with Crippen LogP contribution in [0.2, 0.25) is 0 Å². The summed E-state index contributed by atoms with van der Waals surface area (Å²) >= 11 is 0.